The van der Waals surface area contributed by atoms with E-state index in [9.17, 15) is 9.59 Å². The summed E-state index contributed by atoms with van der Waals surface area (Å²) in [5.74, 6) is -0.189. The molecule has 0 radical (unpaired) electrons. The maximum Gasteiger partial charge on any atom is 0.260 e. The van der Waals surface area contributed by atoms with Crippen molar-refractivity contribution in [2.75, 3.05) is 7.05 Å². The van der Waals surface area contributed by atoms with E-state index in [4.69, 9.17) is 4.52 Å². The van der Waals surface area contributed by atoms with Gasteiger partial charge in [0, 0.05) is 25.5 Å². The van der Waals surface area contributed by atoms with Gasteiger partial charge in [0.2, 0.25) is 5.91 Å². The van der Waals surface area contributed by atoms with Crippen LogP contribution in [0.4, 0.5) is 0 Å². The molecule has 3 aromatic rings. The predicted molar refractivity (Wildman–Crippen MR) is 83.7 cm³/mol. The Balaban J connectivity index is 1.83. The van der Waals surface area contributed by atoms with Crippen molar-refractivity contribution in [3.05, 3.63) is 59.0 Å². The number of rotatable bonds is 4. The van der Waals surface area contributed by atoms with Crippen molar-refractivity contribution >= 4 is 16.8 Å². The number of nitrogens with zero attached hydrogens (tertiary/aromatic N) is 4. The molecule has 0 aliphatic heterocycles. The maximum atomic E-state index is 12.4. The quantitative estimate of drug-likeness (QED) is 0.731. The highest BCUT2D eigenvalue weighted by Gasteiger charge is 2.20. The summed E-state index contributed by atoms with van der Waals surface area (Å²) in [6, 6.07) is 6.61. The molecule has 3 aromatic heterocycles. The summed E-state index contributed by atoms with van der Waals surface area (Å²) >= 11 is 0. The Labute approximate surface area is 132 Å². The van der Waals surface area contributed by atoms with E-state index in [-0.39, 0.29) is 24.1 Å². The van der Waals surface area contributed by atoms with Crippen LogP contribution in [0.2, 0.25) is 0 Å². The minimum atomic E-state index is -0.237. The average Bonchev–Trinajstić information content (AvgIpc) is 3.10. The highest BCUT2D eigenvalue weighted by Crippen LogP contribution is 2.16. The van der Waals surface area contributed by atoms with E-state index in [2.05, 4.69) is 10.1 Å². The summed E-state index contributed by atoms with van der Waals surface area (Å²) in [6.45, 7) is 1.81. The first-order valence-electron chi connectivity index (χ1n) is 7.18. The van der Waals surface area contributed by atoms with Crippen LogP contribution >= 0.6 is 0 Å². The molecule has 3 rings (SSSR count). The second kappa shape index (κ2) is 6.04. The molecule has 0 fully saturated rings. The molecule has 7 heteroatoms. The Morgan fingerprint density at radius 3 is 2.96 bits per heavy atom. The van der Waals surface area contributed by atoms with Crippen molar-refractivity contribution in [3.8, 4) is 0 Å². The zero-order valence-electron chi connectivity index (χ0n) is 12.8. The summed E-state index contributed by atoms with van der Waals surface area (Å²) in [7, 11) is 1.68. The fourth-order valence-electron chi connectivity index (χ4n) is 2.35. The molecule has 0 aromatic carbocycles. The number of aromatic nitrogens is 3. The monoisotopic (exact) mass is 312 g/mol. The Bertz CT molecular complexity index is 886. The highest BCUT2D eigenvalue weighted by atomic mass is 16.5. The highest BCUT2D eigenvalue weighted by molar-refractivity contribution is 5.79. The van der Waals surface area contributed by atoms with Crippen LogP contribution in [0.3, 0.4) is 0 Å². The zero-order chi connectivity index (χ0) is 16.4. The zero-order valence-corrected chi connectivity index (χ0v) is 12.8. The molecular formula is C16H16N4O3. The second-order valence-corrected chi connectivity index (χ2v) is 5.29. The normalized spacial score (nSPS) is 12.3. The molecule has 1 atom stereocenters. The molecule has 0 aliphatic rings. The van der Waals surface area contributed by atoms with E-state index >= 15 is 0 Å². The number of carbonyl (C=O) groups is 1. The molecule has 3 heterocycles. The Hall–Kier alpha value is -2.96. The lowest BCUT2D eigenvalue weighted by Gasteiger charge is -2.23. The van der Waals surface area contributed by atoms with Crippen molar-refractivity contribution in [1.29, 1.82) is 0 Å². The van der Waals surface area contributed by atoms with Gasteiger partial charge in [-0.2, -0.15) is 0 Å². The molecule has 0 N–H and O–H groups in total. The molecule has 7 nitrogen and oxygen atoms in total. The van der Waals surface area contributed by atoms with E-state index in [1.54, 1.807) is 43.7 Å². The van der Waals surface area contributed by atoms with E-state index in [0.717, 1.165) is 0 Å². The first kappa shape index (κ1) is 15.0. The number of hydrogen-bond donors (Lipinski definition) is 0. The summed E-state index contributed by atoms with van der Waals surface area (Å²) < 4.78 is 6.19. The van der Waals surface area contributed by atoms with Crippen molar-refractivity contribution in [3.63, 3.8) is 0 Å². The lowest BCUT2D eigenvalue weighted by Crippen LogP contribution is -2.35. The van der Waals surface area contributed by atoms with Gasteiger partial charge in [0.25, 0.3) is 5.56 Å². The fraction of sp³-hybridized carbons (Fsp3) is 0.250. The van der Waals surface area contributed by atoms with E-state index < -0.39 is 0 Å². The standard InChI is InChI=1S/C16H16N4O3/c1-11(13-6-9-23-18-13)19(2)15(21)10-20-8-5-14-12(16(20)22)4-3-7-17-14/h3-9,11H,10H2,1-2H3/t11-/m1/s1. The van der Waals surface area contributed by atoms with Crippen LogP contribution in [0.5, 0.6) is 0 Å². The van der Waals surface area contributed by atoms with Gasteiger partial charge in [-0.3, -0.25) is 14.6 Å². The van der Waals surface area contributed by atoms with E-state index in [1.807, 2.05) is 6.92 Å². The molecule has 0 spiro atoms. The summed E-state index contributed by atoms with van der Waals surface area (Å²) in [5, 5.41) is 4.33. The maximum absolute atomic E-state index is 12.4. The third-order valence-corrected chi connectivity index (χ3v) is 3.91. The third-order valence-electron chi connectivity index (χ3n) is 3.91. The van der Waals surface area contributed by atoms with Gasteiger partial charge in [0.15, 0.2) is 0 Å². The topological polar surface area (TPSA) is 81.2 Å². The van der Waals surface area contributed by atoms with Crippen molar-refractivity contribution in [2.45, 2.75) is 19.5 Å². The SMILES string of the molecule is C[C@H](c1ccon1)N(C)C(=O)Cn1ccc2ncccc2c1=O. The van der Waals surface area contributed by atoms with Crippen LogP contribution in [-0.2, 0) is 11.3 Å². The molecule has 0 unspecified atom stereocenters. The van der Waals surface area contributed by atoms with Gasteiger partial charge in [-0.25, -0.2) is 0 Å². The molecule has 118 valence electrons. The molecule has 23 heavy (non-hydrogen) atoms. The summed E-state index contributed by atoms with van der Waals surface area (Å²) in [4.78, 5) is 30.5. The largest absolute Gasteiger partial charge is 0.364 e. The Morgan fingerprint density at radius 2 is 2.22 bits per heavy atom. The summed E-state index contributed by atoms with van der Waals surface area (Å²) in [6.07, 6.45) is 4.68. The first-order valence-corrected chi connectivity index (χ1v) is 7.18. The molecule has 0 saturated heterocycles. The molecule has 0 saturated carbocycles. The fourth-order valence-corrected chi connectivity index (χ4v) is 2.35. The Morgan fingerprint density at radius 1 is 1.39 bits per heavy atom. The van der Waals surface area contributed by atoms with Crippen LogP contribution in [0.15, 0.2) is 52.2 Å². The van der Waals surface area contributed by atoms with Gasteiger partial charge in [0.05, 0.1) is 16.9 Å². The second-order valence-electron chi connectivity index (χ2n) is 5.29. The van der Waals surface area contributed by atoms with Crippen molar-refractivity contribution in [2.24, 2.45) is 0 Å². The molecule has 1 amide bonds. The van der Waals surface area contributed by atoms with Crippen molar-refractivity contribution in [1.82, 2.24) is 19.6 Å². The van der Waals surface area contributed by atoms with E-state index in [1.165, 1.54) is 15.7 Å². The summed E-state index contributed by atoms with van der Waals surface area (Å²) in [5.41, 5.74) is 1.05. The smallest absolute Gasteiger partial charge is 0.260 e. The van der Waals surface area contributed by atoms with Gasteiger partial charge in [-0.15, -0.1) is 0 Å². The third kappa shape index (κ3) is 2.85. The molecular weight excluding hydrogens is 296 g/mol. The number of hydrogen-bond acceptors (Lipinski definition) is 5. The predicted octanol–water partition coefficient (Wildman–Crippen LogP) is 1.60. The lowest BCUT2D eigenvalue weighted by atomic mass is 10.2. The van der Waals surface area contributed by atoms with Crippen LogP contribution in [0.1, 0.15) is 18.7 Å². The number of fused-ring (bicyclic) bond motifs is 1. The first-order chi connectivity index (χ1) is 11.1. The van der Waals surface area contributed by atoms with Gasteiger partial charge in [-0.05, 0) is 25.1 Å². The van der Waals surface area contributed by atoms with Crippen LogP contribution in [0, 0.1) is 0 Å². The number of amides is 1. The molecule has 0 aliphatic carbocycles. The van der Waals surface area contributed by atoms with Gasteiger partial charge in [0.1, 0.15) is 18.5 Å². The minimum Gasteiger partial charge on any atom is -0.364 e. The van der Waals surface area contributed by atoms with Gasteiger partial charge < -0.3 is 14.0 Å². The lowest BCUT2D eigenvalue weighted by molar-refractivity contribution is -0.132. The number of pyridine rings is 2. The van der Waals surface area contributed by atoms with Crippen molar-refractivity contribution < 1.29 is 9.32 Å². The number of likely N-dealkylation sites (N-methyl/N-ethyl adjacent to an activating group) is 1. The van der Waals surface area contributed by atoms with E-state index in [0.29, 0.717) is 16.6 Å². The number of carbonyl (C=O) groups excluding carboxylic acids is 1. The van der Waals surface area contributed by atoms with Crippen LogP contribution < -0.4 is 5.56 Å². The van der Waals surface area contributed by atoms with Gasteiger partial charge in [-0.1, -0.05) is 5.16 Å². The van der Waals surface area contributed by atoms with Crippen LogP contribution in [0.25, 0.3) is 10.9 Å². The molecule has 0 bridgehead atoms. The minimum absolute atomic E-state index is 0.0393. The van der Waals surface area contributed by atoms with Crippen LogP contribution in [-0.4, -0.2) is 32.6 Å². The van der Waals surface area contributed by atoms with Gasteiger partial charge >= 0.3 is 0 Å². The Kier molecular flexibility index (Phi) is 3.92. The average molecular weight is 312 g/mol.